The number of aromatic nitrogens is 2. The molecule has 0 unspecified atom stereocenters. The minimum Gasteiger partial charge on any atom is -0.465 e. The molecule has 2 aromatic heterocycles. The second kappa shape index (κ2) is 10.1. The number of methoxy groups -OCH3 is 1. The van der Waals surface area contributed by atoms with E-state index in [9.17, 15) is 14.9 Å². The first kappa shape index (κ1) is 23.6. The standard InChI is InChI=1S/C28H26N4O3/c1-18-13-22(19(2)32(18)24-8-6-7-20(15-24)28(34)35-3)14-23(16-29)27(33)30-12-11-21-17-31-26-10-5-4-9-25(21)26/h4-10,13-15,17,31H,11-12H2,1-3H3,(H,30,33)/b23-14-. The van der Waals surface area contributed by atoms with Crippen LogP contribution < -0.4 is 5.32 Å². The normalized spacial score (nSPS) is 11.3. The van der Waals surface area contributed by atoms with Crippen molar-refractivity contribution in [1.29, 1.82) is 5.26 Å². The summed E-state index contributed by atoms with van der Waals surface area (Å²) in [5, 5.41) is 13.6. The van der Waals surface area contributed by atoms with Crippen molar-refractivity contribution in [3.63, 3.8) is 0 Å². The van der Waals surface area contributed by atoms with E-state index in [-0.39, 0.29) is 5.57 Å². The number of H-pyrrole nitrogens is 1. The Hall–Kier alpha value is -4.57. The molecule has 0 aliphatic rings. The van der Waals surface area contributed by atoms with Gasteiger partial charge >= 0.3 is 5.97 Å². The van der Waals surface area contributed by atoms with Crippen LogP contribution in [0.3, 0.4) is 0 Å². The average molecular weight is 467 g/mol. The Morgan fingerprint density at radius 3 is 2.71 bits per heavy atom. The van der Waals surface area contributed by atoms with Crippen LogP contribution in [-0.2, 0) is 16.0 Å². The number of nitriles is 1. The molecule has 0 aliphatic heterocycles. The molecule has 0 saturated heterocycles. The highest BCUT2D eigenvalue weighted by Gasteiger charge is 2.15. The fraction of sp³-hybridized carbons (Fsp3) is 0.179. The fourth-order valence-electron chi connectivity index (χ4n) is 4.27. The predicted molar refractivity (Wildman–Crippen MR) is 135 cm³/mol. The summed E-state index contributed by atoms with van der Waals surface area (Å²) in [5.74, 6) is -0.824. The van der Waals surface area contributed by atoms with E-state index in [1.165, 1.54) is 7.11 Å². The highest BCUT2D eigenvalue weighted by atomic mass is 16.5. The van der Waals surface area contributed by atoms with E-state index in [4.69, 9.17) is 4.74 Å². The van der Waals surface area contributed by atoms with Crippen molar-refractivity contribution in [1.82, 2.24) is 14.9 Å². The molecule has 0 bridgehead atoms. The van der Waals surface area contributed by atoms with E-state index in [1.807, 2.05) is 67.1 Å². The monoisotopic (exact) mass is 466 g/mol. The van der Waals surface area contributed by atoms with Crippen molar-refractivity contribution in [3.05, 3.63) is 94.4 Å². The molecule has 0 saturated carbocycles. The number of esters is 1. The van der Waals surface area contributed by atoms with Gasteiger partial charge in [-0.2, -0.15) is 5.26 Å². The molecule has 1 amide bonds. The molecular formula is C28H26N4O3. The van der Waals surface area contributed by atoms with Gasteiger partial charge in [0.2, 0.25) is 0 Å². The number of carbonyl (C=O) groups is 2. The van der Waals surface area contributed by atoms with Gasteiger partial charge in [-0.3, -0.25) is 4.79 Å². The number of aromatic amines is 1. The van der Waals surface area contributed by atoms with E-state index in [0.29, 0.717) is 18.5 Å². The van der Waals surface area contributed by atoms with Crippen LogP contribution >= 0.6 is 0 Å². The summed E-state index contributed by atoms with van der Waals surface area (Å²) < 4.78 is 6.80. The average Bonchev–Trinajstić information content (AvgIpc) is 3.41. The molecule has 7 nitrogen and oxygen atoms in total. The molecule has 0 aliphatic carbocycles. The largest absolute Gasteiger partial charge is 0.465 e. The number of benzene rings is 2. The minimum atomic E-state index is -0.412. The zero-order chi connectivity index (χ0) is 24.9. The van der Waals surface area contributed by atoms with Crippen molar-refractivity contribution in [3.8, 4) is 11.8 Å². The van der Waals surface area contributed by atoms with Gasteiger partial charge in [0, 0.05) is 40.7 Å². The van der Waals surface area contributed by atoms with Gasteiger partial charge in [0.25, 0.3) is 5.91 Å². The quantitative estimate of drug-likeness (QED) is 0.236. The van der Waals surface area contributed by atoms with Gasteiger partial charge in [-0.25, -0.2) is 4.79 Å². The lowest BCUT2D eigenvalue weighted by Crippen LogP contribution is -2.26. The molecule has 35 heavy (non-hydrogen) atoms. The van der Waals surface area contributed by atoms with Crippen LogP contribution in [-0.4, -0.2) is 35.1 Å². The molecule has 0 atom stereocenters. The number of ether oxygens (including phenoxy) is 1. The van der Waals surface area contributed by atoms with Crippen molar-refractivity contribution in [2.24, 2.45) is 0 Å². The number of aryl methyl sites for hydroxylation is 1. The molecule has 4 rings (SSSR count). The number of nitrogens with zero attached hydrogens (tertiary/aromatic N) is 2. The second-order valence-electron chi connectivity index (χ2n) is 8.24. The molecule has 2 aromatic carbocycles. The summed E-state index contributed by atoms with van der Waals surface area (Å²) in [4.78, 5) is 27.9. The Bertz CT molecular complexity index is 1480. The second-order valence-corrected chi connectivity index (χ2v) is 8.24. The molecule has 7 heteroatoms. The number of amides is 1. The Morgan fingerprint density at radius 1 is 1.14 bits per heavy atom. The first-order valence-corrected chi connectivity index (χ1v) is 11.3. The Labute approximate surface area is 203 Å². The van der Waals surface area contributed by atoms with Crippen LogP contribution in [0, 0.1) is 25.2 Å². The minimum absolute atomic E-state index is 0.0347. The smallest absolute Gasteiger partial charge is 0.337 e. The zero-order valence-corrected chi connectivity index (χ0v) is 19.9. The van der Waals surface area contributed by atoms with E-state index in [1.54, 1.807) is 24.3 Å². The molecule has 0 radical (unpaired) electrons. The number of fused-ring (bicyclic) bond motifs is 1. The van der Waals surface area contributed by atoms with Gasteiger partial charge in [-0.15, -0.1) is 0 Å². The molecule has 2 heterocycles. The maximum absolute atomic E-state index is 12.7. The van der Waals surface area contributed by atoms with E-state index in [2.05, 4.69) is 10.3 Å². The highest BCUT2D eigenvalue weighted by Crippen LogP contribution is 2.24. The number of para-hydroxylation sites is 1. The van der Waals surface area contributed by atoms with Crippen LogP contribution in [0.4, 0.5) is 0 Å². The number of carbonyl (C=O) groups excluding carboxylic acids is 2. The van der Waals surface area contributed by atoms with Gasteiger partial charge in [0.15, 0.2) is 0 Å². The van der Waals surface area contributed by atoms with Crippen LogP contribution in [0.5, 0.6) is 0 Å². The molecule has 0 spiro atoms. The molecular weight excluding hydrogens is 440 g/mol. The van der Waals surface area contributed by atoms with Gasteiger partial charge in [0.05, 0.1) is 12.7 Å². The van der Waals surface area contributed by atoms with Crippen LogP contribution in [0.15, 0.2) is 66.4 Å². The van der Waals surface area contributed by atoms with Crippen molar-refractivity contribution >= 4 is 28.9 Å². The van der Waals surface area contributed by atoms with Crippen LogP contribution in [0.25, 0.3) is 22.7 Å². The first-order chi connectivity index (χ1) is 16.9. The van der Waals surface area contributed by atoms with Crippen LogP contribution in [0.1, 0.15) is 32.9 Å². The maximum atomic E-state index is 12.7. The van der Waals surface area contributed by atoms with Crippen molar-refractivity contribution < 1.29 is 14.3 Å². The van der Waals surface area contributed by atoms with E-state index >= 15 is 0 Å². The van der Waals surface area contributed by atoms with Gasteiger partial charge in [0.1, 0.15) is 11.6 Å². The van der Waals surface area contributed by atoms with Gasteiger partial charge in [-0.1, -0.05) is 24.3 Å². The zero-order valence-electron chi connectivity index (χ0n) is 19.9. The summed E-state index contributed by atoms with van der Waals surface area (Å²) in [7, 11) is 1.35. The third-order valence-corrected chi connectivity index (χ3v) is 6.02. The summed E-state index contributed by atoms with van der Waals surface area (Å²) >= 11 is 0. The van der Waals surface area contributed by atoms with Gasteiger partial charge in [-0.05, 0) is 67.8 Å². The predicted octanol–water partition coefficient (Wildman–Crippen LogP) is 4.63. The third kappa shape index (κ3) is 4.87. The number of hydrogen-bond donors (Lipinski definition) is 2. The Kier molecular flexibility index (Phi) is 6.83. The fourth-order valence-corrected chi connectivity index (χ4v) is 4.27. The highest BCUT2D eigenvalue weighted by molar-refractivity contribution is 6.02. The lowest BCUT2D eigenvalue weighted by Gasteiger charge is -2.11. The van der Waals surface area contributed by atoms with Gasteiger partial charge < -0.3 is 19.6 Å². The lowest BCUT2D eigenvalue weighted by atomic mass is 10.1. The Balaban J connectivity index is 1.51. The summed E-state index contributed by atoms with van der Waals surface area (Å²) in [6, 6.07) is 19.1. The third-order valence-electron chi connectivity index (χ3n) is 6.02. The van der Waals surface area contributed by atoms with Crippen LogP contribution in [0.2, 0.25) is 0 Å². The van der Waals surface area contributed by atoms with E-state index < -0.39 is 11.9 Å². The molecule has 0 fully saturated rings. The maximum Gasteiger partial charge on any atom is 0.337 e. The van der Waals surface area contributed by atoms with E-state index in [0.717, 1.165) is 39.1 Å². The number of hydrogen-bond acceptors (Lipinski definition) is 4. The summed E-state index contributed by atoms with van der Waals surface area (Å²) in [6.45, 7) is 4.26. The van der Waals surface area contributed by atoms with Crippen molar-refractivity contribution in [2.75, 3.05) is 13.7 Å². The number of rotatable bonds is 7. The topological polar surface area (TPSA) is 99.9 Å². The molecule has 2 N–H and O–H groups in total. The lowest BCUT2D eigenvalue weighted by molar-refractivity contribution is -0.117. The Morgan fingerprint density at radius 2 is 1.94 bits per heavy atom. The number of nitrogens with one attached hydrogen (secondary N) is 2. The molecule has 4 aromatic rings. The summed E-state index contributed by atoms with van der Waals surface area (Å²) in [5.41, 5.74) is 5.96. The summed E-state index contributed by atoms with van der Waals surface area (Å²) in [6.07, 6.45) is 4.20. The SMILES string of the molecule is COC(=O)c1cccc(-n2c(C)cc(/C=C(/C#N)C(=O)NCCc3c[nH]c4ccccc34)c2C)c1. The molecule has 176 valence electrons. The van der Waals surface area contributed by atoms with Crippen molar-refractivity contribution in [2.45, 2.75) is 20.3 Å². The first-order valence-electron chi connectivity index (χ1n) is 11.3.